The van der Waals surface area contributed by atoms with E-state index in [1.807, 2.05) is 0 Å². The second-order valence-corrected chi connectivity index (χ2v) is 4.97. The Labute approximate surface area is 100 Å². The molecule has 2 nitrogen and oxygen atoms in total. The van der Waals surface area contributed by atoms with E-state index in [1.165, 1.54) is 16.1 Å². The average Bonchev–Trinajstić information content (AvgIpc) is 2.53. The minimum Gasteiger partial charge on any atom is -0.335 e. The molecule has 3 heteroatoms. The smallest absolute Gasteiger partial charge is 0.155 e. The van der Waals surface area contributed by atoms with E-state index in [2.05, 4.69) is 36.9 Å². The molecule has 1 aromatic rings. The molecule has 1 aromatic carbocycles. The summed E-state index contributed by atoms with van der Waals surface area (Å²) in [6, 6.07) is 6.40. The van der Waals surface area contributed by atoms with E-state index in [9.17, 15) is 4.79 Å². The Morgan fingerprint density at radius 2 is 2.25 bits per heavy atom. The lowest BCUT2D eigenvalue weighted by Gasteiger charge is -2.17. The molecule has 0 aliphatic carbocycles. The Balaban J connectivity index is 2.44. The highest BCUT2D eigenvalue weighted by atomic mass is 32.2. The largest absolute Gasteiger partial charge is 0.335 e. The summed E-state index contributed by atoms with van der Waals surface area (Å²) in [6.45, 7) is 6.68. The van der Waals surface area contributed by atoms with Crippen LogP contribution in [0.3, 0.4) is 0 Å². The average molecular weight is 233 g/mol. The topological polar surface area (TPSA) is 20.3 Å². The third-order valence-electron chi connectivity index (χ3n) is 2.53. The molecule has 0 saturated heterocycles. The van der Waals surface area contributed by atoms with E-state index in [1.54, 1.807) is 24.8 Å². The molecule has 2 rings (SSSR count). The molecule has 0 saturated carbocycles. The van der Waals surface area contributed by atoms with Gasteiger partial charge in [0.1, 0.15) is 0 Å². The number of allylic oxidation sites excluding steroid dienone is 1. The van der Waals surface area contributed by atoms with Crippen molar-refractivity contribution in [2.45, 2.75) is 25.7 Å². The van der Waals surface area contributed by atoms with Gasteiger partial charge in [-0.3, -0.25) is 4.79 Å². The van der Waals surface area contributed by atoms with Crippen LogP contribution in [-0.2, 0) is 4.79 Å². The zero-order valence-corrected chi connectivity index (χ0v) is 10.6. The fourth-order valence-electron chi connectivity index (χ4n) is 1.82. The van der Waals surface area contributed by atoms with Crippen LogP contribution in [0.5, 0.6) is 0 Å². The van der Waals surface area contributed by atoms with Gasteiger partial charge in [0.15, 0.2) is 5.78 Å². The lowest BCUT2D eigenvalue weighted by atomic mass is 10.2. The van der Waals surface area contributed by atoms with Gasteiger partial charge in [-0.2, -0.15) is 0 Å². The number of fused-ring (bicyclic) bond motifs is 1. The van der Waals surface area contributed by atoms with Crippen LogP contribution < -0.4 is 4.90 Å². The summed E-state index contributed by atoms with van der Waals surface area (Å²) in [5.41, 5.74) is 2.47. The fourth-order valence-corrected chi connectivity index (χ4v) is 3.02. The molecular formula is C13H15NOS. The van der Waals surface area contributed by atoms with E-state index in [0.29, 0.717) is 0 Å². The van der Waals surface area contributed by atoms with E-state index in [0.717, 1.165) is 11.6 Å². The molecule has 0 spiro atoms. The lowest BCUT2D eigenvalue weighted by molar-refractivity contribution is -0.112. The van der Waals surface area contributed by atoms with Crippen molar-refractivity contribution in [1.29, 1.82) is 0 Å². The Kier molecular flexibility index (Phi) is 3.06. The number of nitrogens with zero attached hydrogens (tertiary/aromatic N) is 1. The summed E-state index contributed by atoms with van der Waals surface area (Å²) in [6.07, 6.45) is 1.71. The van der Waals surface area contributed by atoms with Gasteiger partial charge in [-0.15, -0.1) is 0 Å². The molecule has 84 valence electrons. The summed E-state index contributed by atoms with van der Waals surface area (Å²) in [4.78, 5) is 14.6. The third kappa shape index (κ3) is 2.00. The SMILES string of the molecule is CCN1/C(=C/C(C)=O)Sc2ccc(C)cc21. The maximum absolute atomic E-state index is 11.2. The number of thioether (sulfide) groups is 1. The molecule has 1 heterocycles. The Bertz CT molecular complexity index is 465. The van der Waals surface area contributed by atoms with Gasteiger partial charge < -0.3 is 4.90 Å². The highest BCUT2D eigenvalue weighted by Gasteiger charge is 2.23. The van der Waals surface area contributed by atoms with Crippen LogP contribution in [0.2, 0.25) is 0 Å². The van der Waals surface area contributed by atoms with Crippen LogP contribution in [0.15, 0.2) is 34.2 Å². The molecule has 0 aromatic heterocycles. The molecule has 0 unspecified atom stereocenters. The molecule has 0 N–H and O–H groups in total. The first-order valence-corrected chi connectivity index (χ1v) is 6.21. The summed E-state index contributed by atoms with van der Waals surface area (Å²) in [7, 11) is 0. The standard InChI is InChI=1S/C13H15NOS/c1-4-14-11-7-9(2)5-6-12(11)16-13(14)8-10(3)15/h5-8H,4H2,1-3H3/b13-8-. The molecule has 0 radical (unpaired) electrons. The molecule has 0 fully saturated rings. The van der Waals surface area contributed by atoms with Crippen molar-refractivity contribution in [2.24, 2.45) is 0 Å². The molecule has 0 bridgehead atoms. The van der Waals surface area contributed by atoms with Crippen molar-refractivity contribution in [2.75, 3.05) is 11.4 Å². The Morgan fingerprint density at radius 3 is 2.88 bits per heavy atom. The highest BCUT2D eigenvalue weighted by Crippen LogP contribution is 2.45. The monoisotopic (exact) mass is 233 g/mol. The second-order valence-electron chi connectivity index (χ2n) is 3.91. The van der Waals surface area contributed by atoms with Crippen LogP contribution in [0.1, 0.15) is 19.4 Å². The predicted molar refractivity (Wildman–Crippen MR) is 68.8 cm³/mol. The van der Waals surface area contributed by atoms with E-state index < -0.39 is 0 Å². The van der Waals surface area contributed by atoms with Crippen molar-refractivity contribution < 1.29 is 4.79 Å². The molecule has 1 aliphatic heterocycles. The van der Waals surface area contributed by atoms with Gasteiger partial charge in [-0.05, 0) is 38.5 Å². The van der Waals surface area contributed by atoms with Crippen molar-refractivity contribution in [3.05, 3.63) is 34.9 Å². The summed E-state index contributed by atoms with van der Waals surface area (Å²) in [5.74, 6) is 0.102. The number of carbonyl (C=O) groups excluding carboxylic acids is 1. The fraction of sp³-hybridized carbons (Fsp3) is 0.308. The van der Waals surface area contributed by atoms with E-state index in [4.69, 9.17) is 0 Å². The number of hydrogen-bond acceptors (Lipinski definition) is 3. The first-order chi connectivity index (χ1) is 7.61. The molecular weight excluding hydrogens is 218 g/mol. The number of carbonyl (C=O) groups is 1. The number of rotatable bonds is 2. The van der Waals surface area contributed by atoms with Crippen molar-refractivity contribution >= 4 is 23.2 Å². The summed E-state index contributed by atoms with van der Waals surface area (Å²) < 4.78 is 0. The molecule has 0 amide bonds. The quantitative estimate of drug-likeness (QED) is 0.731. The van der Waals surface area contributed by atoms with Crippen LogP contribution in [0.4, 0.5) is 5.69 Å². The van der Waals surface area contributed by atoms with Gasteiger partial charge in [0.2, 0.25) is 0 Å². The minimum absolute atomic E-state index is 0.102. The zero-order valence-electron chi connectivity index (χ0n) is 9.78. The first kappa shape index (κ1) is 11.3. The zero-order chi connectivity index (χ0) is 11.7. The molecule has 0 atom stereocenters. The van der Waals surface area contributed by atoms with Gasteiger partial charge in [-0.1, -0.05) is 17.8 Å². The predicted octanol–water partition coefficient (Wildman–Crippen LogP) is 3.36. The normalized spacial score (nSPS) is 16.7. The van der Waals surface area contributed by atoms with Crippen molar-refractivity contribution in [1.82, 2.24) is 0 Å². The van der Waals surface area contributed by atoms with Gasteiger partial charge in [0.05, 0.1) is 10.7 Å². The van der Waals surface area contributed by atoms with Crippen LogP contribution in [0.25, 0.3) is 0 Å². The molecule has 1 aliphatic rings. The van der Waals surface area contributed by atoms with Crippen LogP contribution in [0, 0.1) is 6.92 Å². The highest BCUT2D eigenvalue weighted by molar-refractivity contribution is 8.03. The maximum atomic E-state index is 11.2. The number of anilines is 1. The van der Waals surface area contributed by atoms with Crippen LogP contribution in [-0.4, -0.2) is 12.3 Å². The van der Waals surface area contributed by atoms with Gasteiger partial charge >= 0.3 is 0 Å². The van der Waals surface area contributed by atoms with Gasteiger partial charge in [-0.25, -0.2) is 0 Å². The number of benzene rings is 1. The Hall–Kier alpha value is -1.22. The van der Waals surface area contributed by atoms with Crippen molar-refractivity contribution in [3.8, 4) is 0 Å². The number of aryl methyl sites for hydroxylation is 1. The number of ketones is 1. The summed E-state index contributed by atoms with van der Waals surface area (Å²) >= 11 is 1.67. The third-order valence-corrected chi connectivity index (χ3v) is 3.64. The Morgan fingerprint density at radius 1 is 1.50 bits per heavy atom. The lowest BCUT2D eigenvalue weighted by Crippen LogP contribution is -2.17. The maximum Gasteiger partial charge on any atom is 0.155 e. The minimum atomic E-state index is 0.102. The summed E-state index contributed by atoms with van der Waals surface area (Å²) in [5, 5.41) is 1.04. The second kappa shape index (κ2) is 4.34. The van der Waals surface area contributed by atoms with Gasteiger partial charge in [0, 0.05) is 17.5 Å². The first-order valence-electron chi connectivity index (χ1n) is 5.40. The number of hydrogen-bond donors (Lipinski definition) is 0. The van der Waals surface area contributed by atoms with Crippen LogP contribution >= 0.6 is 11.8 Å². The molecule has 16 heavy (non-hydrogen) atoms. The van der Waals surface area contributed by atoms with E-state index >= 15 is 0 Å². The van der Waals surface area contributed by atoms with Crippen molar-refractivity contribution in [3.63, 3.8) is 0 Å². The van der Waals surface area contributed by atoms with E-state index in [-0.39, 0.29) is 5.78 Å². The van der Waals surface area contributed by atoms with Gasteiger partial charge in [0.25, 0.3) is 0 Å².